The number of aryl methyl sites for hydroxylation is 1. The van der Waals surface area contributed by atoms with E-state index in [1.165, 1.54) is 17.1 Å². The summed E-state index contributed by atoms with van der Waals surface area (Å²) in [7, 11) is -2.78. The molecule has 2 aliphatic rings. The number of fused-ring (bicyclic) bond motifs is 1. The van der Waals surface area contributed by atoms with E-state index in [2.05, 4.69) is 25.5 Å². The number of thiazole rings is 1. The Kier molecular flexibility index (Phi) is 13.6. The van der Waals surface area contributed by atoms with Gasteiger partial charge in [0.2, 0.25) is 15.8 Å². The maximum atomic E-state index is 13.3. The average Bonchev–Trinajstić information content (AvgIpc) is 3.45. The van der Waals surface area contributed by atoms with Crippen molar-refractivity contribution in [2.45, 2.75) is 21.5 Å². The maximum Gasteiger partial charge on any atom is 1.00 e. The van der Waals surface area contributed by atoms with Crippen molar-refractivity contribution < 1.29 is 105 Å². The molecule has 2 aliphatic heterocycles. The molecule has 19 nitrogen and oxygen atoms in total. The zero-order valence-corrected chi connectivity index (χ0v) is 32.9. The number of nitrogens with one attached hydrogen (secondary N) is 2. The molecule has 2 amide bonds. The number of β-lactam (4-membered cyclic amide) rings is 1. The normalized spacial score (nSPS) is 17.3. The number of aromatic hydroxyl groups is 2. The number of phenolic OH excluding ortho intramolecular Hbond substituents is 2. The predicted molar refractivity (Wildman–Crippen MR) is 169 cm³/mol. The van der Waals surface area contributed by atoms with Gasteiger partial charge in [-0.1, -0.05) is 16.9 Å². The number of nitrogen functional groups attached to an aromatic ring is 1. The summed E-state index contributed by atoms with van der Waals surface area (Å²) in [5, 5.41) is 38.1. The van der Waals surface area contributed by atoms with E-state index in [-0.39, 0.29) is 95.2 Å². The minimum Gasteiger partial charge on any atom is -1.00 e. The zero-order chi connectivity index (χ0) is 34.2. The van der Waals surface area contributed by atoms with Gasteiger partial charge in [-0.15, -0.1) is 23.1 Å². The van der Waals surface area contributed by atoms with Crippen molar-refractivity contribution in [3.8, 4) is 11.5 Å². The number of carbonyl (C=O) groups is 3. The van der Waals surface area contributed by atoms with Gasteiger partial charge in [-0.2, -0.15) is 4.98 Å². The van der Waals surface area contributed by atoms with Crippen LogP contribution in [0.5, 0.6) is 11.5 Å². The number of aliphatic carboxylic acids is 1. The first-order valence-electron chi connectivity index (χ1n) is 12.8. The number of amides is 2. The number of phenols is 2. The number of sulfone groups is 1. The van der Waals surface area contributed by atoms with Crippen LogP contribution in [0.4, 0.5) is 5.13 Å². The smallest absolute Gasteiger partial charge is 1.00 e. The van der Waals surface area contributed by atoms with Crippen molar-refractivity contribution in [2.24, 2.45) is 12.2 Å². The van der Waals surface area contributed by atoms with Gasteiger partial charge < -0.3 is 34.1 Å². The van der Waals surface area contributed by atoms with Gasteiger partial charge in [-0.3, -0.25) is 33.9 Å². The van der Waals surface area contributed by atoms with Crippen molar-refractivity contribution in [2.75, 3.05) is 23.2 Å². The molecule has 0 aliphatic carbocycles. The molecule has 0 radical (unpaired) electrons. The number of H-pyrrole nitrogens is 1. The SMILES string of the molecule is Cn1[nH]c(=O)c(=O)nc1SCC1=C(C(=O)O)N2C(=O)[C@@H](NC(=O)/C(=N\OCS(=O)(=O)c3ccc(O)c(O)c3)c3csc(N)n3)[C@H]2SC1.[H-].[H-].[Na+].[Na+]. The molecule has 0 bridgehead atoms. The molecule has 2 aromatic heterocycles. The molecule has 0 unspecified atom stereocenters. The second-order valence-electron chi connectivity index (χ2n) is 9.63. The number of oxime groups is 1. The topological polar surface area (TPSA) is 290 Å². The van der Waals surface area contributed by atoms with E-state index < -0.39 is 78.2 Å². The Hall–Kier alpha value is -2.87. The molecule has 7 N–H and O–H groups in total. The predicted octanol–water partition coefficient (Wildman–Crippen LogP) is -7.17. The van der Waals surface area contributed by atoms with Crippen LogP contribution in [0.2, 0.25) is 0 Å². The molecular formula is C24H24N8Na2O11S4. The number of aromatic nitrogens is 4. The van der Waals surface area contributed by atoms with Crippen LogP contribution in [0.15, 0.2) is 59.6 Å². The Morgan fingerprint density at radius 2 is 1.94 bits per heavy atom. The summed E-state index contributed by atoms with van der Waals surface area (Å²) in [4.78, 5) is 75.1. The first-order valence-corrected chi connectivity index (χ1v) is 17.4. The van der Waals surface area contributed by atoms with Gasteiger partial charge in [0.05, 0.1) is 4.90 Å². The molecule has 3 aromatic rings. The summed E-state index contributed by atoms with van der Waals surface area (Å²) in [6.45, 7) is 0. The fraction of sp³-hybridized carbons (Fsp3) is 0.250. The quantitative estimate of drug-likeness (QED) is 0.0201. The number of rotatable bonds is 11. The summed E-state index contributed by atoms with van der Waals surface area (Å²) in [6.07, 6.45) is 0. The summed E-state index contributed by atoms with van der Waals surface area (Å²) in [5.41, 5.74) is 3.15. The van der Waals surface area contributed by atoms with Crippen LogP contribution in [-0.2, 0) is 36.1 Å². The second kappa shape index (κ2) is 16.4. The summed E-state index contributed by atoms with van der Waals surface area (Å²) >= 11 is 3.08. The Bertz CT molecular complexity index is 2110. The Morgan fingerprint density at radius 1 is 1.22 bits per heavy atom. The molecule has 5 rings (SSSR count). The van der Waals surface area contributed by atoms with Crippen LogP contribution in [0.25, 0.3) is 0 Å². The zero-order valence-electron chi connectivity index (χ0n) is 27.6. The standard InChI is InChI=1S/C24H22N8O11S4.2Na.2H/c1-31-24(28-18(36)19(37)29-31)46-6-9-5-44-21-15(20(38)32(21)16(9)22(39)40)27-17(35)14(11-7-45-23(25)26-11)30-43-8-47(41,42)10-2-3-12(33)13(34)4-10;;;;/h2-4,7,15,21,33-34H,5-6,8H2,1H3,(H2,25,26)(H,27,35)(H,29,37)(H,39,40);;;;/q;2*+1;2*-1/b30-14-;;;;/t15-,21-;;;;/m1..../s1. The number of carbonyl (C=O) groups excluding carboxylic acids is 2. The molecular weight excluding hydrogens is 751 g/mol. The van der Waals surface area contributed by atoms with Crippen molar-refractivity contribution >= 4 is 73.3 Å². The monoisotopic (exact) mass is 774 g/mol. The number of hydrogen-bond donors (Lipinski definition) is 6. The molecule has 0 spiro atoms. The van der Waals surface area contributed by atoms with Crippen LogP contribution in [0.1, 0.15) is 8.55 Å². The third-order valence-electron chi connectivity index (χ3n) is 6.51. The minimum absolute atomic E-state index is 0. The fourth-order valence-electron chi connectivity index (χ4n) is 4.27. The number of aromatic amines is 1. The number of thioether (sulfide) groups is 2. The van der Waals surface area contributed by atoms with E-state index in [4.69, 9.17) is 10.6 Å². The van der Waals surface area contributed by atoms with E-state index in [9.17, 15) is 47.7 Å². The first-order chi connectivity index (χ1) is 22.2. The third kappa shape index (κ3) is 8.72. The first kappa shape index (κ1) is 40.6. The van der Waals surface area contributed by atoms with Crippen LogP contribution in [0, 0.1) is 0 Å². The maximum absolute atomic E-state index is 13.3. The number of anilines is 1. The van der Waals surface area contributed by atoms with Gasteiger partial charge in [-0.05, 0) is 17.7 Å². The van der Waals surface area contributed by atoms with E-state index in [0.717, 1.165) is 58.0 Å². The van der Waals surface area contributed by atoms with Gasteiger partial charge in [0.25, 0.3) is 11.8 Å². The molecule has 1 saturated heterocycles. The fourth-order valence-corrected chi connectivity index (χ4v) is 8.12. The van der Waals surface area contributed by atoms with Crippen LogP contribution in [-0.4, -0.2) is 101 Å². The summed E-state index contributed by atoms with van der Waals surface area (Å²) in [6, 6.07) is 1.58. The van der Waals surface area contributed by atoms with Gasteiger partial charge in [-0.25, -0.2) is 18.2 Å². The van der Waals surface area contributed by atoms with Gasteiger partial charge in [0.1, 0.15) is 22.8 Å². The van der Waals surface area contributed by atoms with Crippen LogP contribution in [0.3, 0.4) is 0 Å². The molecule has 0 saturated carbocycles. The number of hydrogen-bond acceptors (Lipinski definition) is 17. The van der Waals surface area contributed by atoms with E-state index in [1.807, 2.05) is 0 Å². The van der Waals surface area contributed by atoms with Crippen molar-refractivity contribution in [3.63, 3.8) is 0 Å². The van der Waals surface area contributed by atoms with Gasteiger partial charge in [0.15, 0.2) is 27.5 Å². The van der Waals surface area contributed by atoms with Crippen molar-refractivity contribution in [3.05, 3.63) is 61.3 Å². The van der Waals surface area contributed by atoms with E-state index >= 15 is 0 Å². The molecule has 2 atom stereocenters. The molecule has 4 heterocycles. The second-order valence-corrected chi connectivity index (χ2v) is 14.5. The average molecular weight is 775 g/mol. The molecule has 1 aromatic carbocycles. The van der Waals surface area contributed by atoms with E-state index in [1.54, 1.807) is 0 Å². The van der Waals surface area contributed by atoms with Crippen LogP contribution < -0.4 is 81.3 Å². The van der Waals surface area contributed by atoms with Gasteiger partial charge >= 0.3 is 76.2 Å². The van der Waals surface area contributed by atoms with Crippen LogP contribution >= 0.6 is 34.9 Å². The van der Waals surface area contributed by atoms with E-state index in [0.29, 0.717) is 5.57 Å². The molecule has 49 heavy (non-hydrogen) atoms. The number of carboxylic acid groups (broad SMARTS) is 1. The Balaban J connectivity index is 0.00000325. The molecule has 25 heteroatoms. The number of carboxylic acids is 1. The summed E-state index contributed by atoms with van der Waals surface area (Å²) in [5.74, 6) is -5.32. The number of nitrogens with two attached hydrogens (primary N) is 1. The van der Waals surface area contributed by atoms with Gasteiger partial charge in [0, 0.05) is 30.0 Å². The van der Waals surface area contributed by atoms with Crippen molar-refractivity contribution in [1.29, 1.82) is 0 Å². The minimum atomic E-state index is -4.23. The molecule has 1 fully saturated rings. The van der Waals surface area contributed by atoms with Crippen molar-refractivity contribution in [1.82, 2.24) is 30.0 Å². The largest absolute Gasteiger partial charge is 1.00 e. The number of nitrogens with zero attached hydrogens (tertiary/aromatic N) is 5. The molecule has 252 valence electrons. The Morgan fingerprint density at radius 3 is 2.57 bits per heavy atom. The summed E-state index contributed by atoms with van der Waals surface area (Å²) < 4.78 is 26.5. The third-order valence-corrected chi connectivity index (χ3v) is 11.0. The Labute approximate surface area is 334 Å². The number of benzene rings is 1.